The fourth-order valence-electron chi connectivity index (χ4n) is 2.62. The van der Waals surface area contributed by atoms with Crippen LogP contribution < -0.4 is 5.32 Å². The minimum atomic E-state index is 0.0611. The first-order valence-electron chi connectivity index (χ1n) is 7.36. The molecule has 4 nitrogen and oxygen atoms in total. The van der Waals surface area contributed by atoms with Crippen LogP contribution in [0.15, 0.2) is 42.0 Å². The molecule has 0 spiro atoms. The maximum atomic E-state index is 12.1. The van der Waals surface area contributed by atoms with E-state index in [4.69, 9.17) is 0 Å². The molecule has 3 rings (SSSR count). The zero-order chi connectivity index (χ0) is 15.5. The summed E-state index contributed by atoms with van der Waals surface area (Å²) in [5.41, 5.74) is 1.13. The lowest BCUT2D eigenvalue weighted by molar-refractivity contribution is -0.121. The summed E-state index contributed by atoms with van der Waals surface area (Å²) in [6, 6.07) is 8.54. The van der Waals surface area contributed by atoms with Crippen molar-refractivity contribution >= 4 is 27.3 Å². The predicted molar refractivity (Wildman–Crippen MR) is 90.0 cm³/mol. The molecule has 0 saturated heterocycles. The number of amides is 1. The highest BCUT2D eigenvalue weighted by Crippen LogP contribution is 2.21. The second-order valence-corrected chi connectivity index (χ2v) is 6.45. The number of carbonyl (C=O) groups excluding carboxylic acids is 1. The SMILES string of the molecule is Cc1nccn1[C@H](C)CC(=O)NCc1ccc2sccc2c1. The third-order valence-electron chi connectivity index (χ3n) is 3.82. The number of hydrogen-bond acceptors (Lipinski definition) is 3. The summed E-state index contributed by atoms with van der Waals surface area (Å²) < 4.78 is 3.30. The van der Waals surface area contributed by atoms with Gasteiger partial charge in [-0.05, 0) is 48.4 Å². The highest BCUT2D eigenvalue weighted by atomic mass is 32.1. The van der Waals surface area contributed by atoms with Gasteiger partial charge >= 0.3 is 0 Å². The topological polar surface area (TPSA) is 46.9 Å². The lowest BCUT2D eigenvalue weighted by Gasteiger charge is -2.15. The maximum absolute atomic E-state index is 12.1. The Morgan fingerprint density at radius 3 is 3.05 bits per heavy atom. The van der Waals surface area contributed by atoms with E-state index in [0.717, 1.165) is 11.4 Å². The molecule has 22 heavy (non-hydrogen) atoms. The Morgan fingerprint density at radius 2 is 2.27 bits per heavy atom. The van der Waals surface area contributed by atoms with Crippen LogP contribution in [-0.2, 0) is 11.3 Å². The van der Waals surface area contributed by atoms with Gasteiger partial charge in [0.05, 0.1) is 0 Å². The van der Waals surface area contributed by atoms with Gasteiger partial charge in [0.1, 0.15) is 5.82 Å². The summed E-state index contributed by atoms with van der Waals surface area (Å²) in [6.07, 6.45) is 4.13. The van der Waals surface area contributed by atoms with E-state index in [1.807, 2.05) is 24.6 Å². The summed E-state index contributed by atoms with van der Waals surface area (Å²) in [5, 5.41) is 6.32. The van der Waals surface area contributed by atoms with Crippen LogP contribution in [0.1, 0.15) is 30.8 Å². The van der Waals surface area contributed by atoms with Gasteiger partial charge in [-0.1, -0.05) is 6.07 Å². The highest BCUT2D eigenvalue weighted by molar-refractivity contribution is 7.17. The van der Waals surface area contributed by atoms with Crippen LogP contribution >= 0.6 is 11.3 Å². The van der Waals surface area contributed by atoms with E-state index in [1.165, 1.54) is 10.1 Å². The van der Waals surface area contributed by atoms with E-state index in [2.05, 4.69) is 39.9 Å². The van der Waals surface area contributed by atoms with Gasteiger partial charge in [0.25, 0.3) is 0 Å². The molecule has 0 fully saturated rings. The maximum Gasteiger partial charge on any atom is 0.222 e. The number of rotatable bonds is 5. The lowest BCUT2D eigenvalue weighted by atomic mass is 10.1. The Labute approximate surface area is 133 Å². The standard InChI is InChI=1S/C17H19N3OS/c1-12(20-7-6-18-13(20)2)9-17(21)19-11-14-3-4-16-15(10-14)5-8-22-16/h3-8,10,12H,9,11H2,1-2H3,(H,19,21)/t12-/m1/s1. The smallest absolute Gasteiger partial charge is 0.222 e. The number of carbonyl (C=O) groups is 1. The first kappa shape index (κ1) is 14.8. The Kier molecular flexibility index (Phi) is 4.24. The van der Waals surface area contributed by atoms with E-state index < -0.39 is 0 Å². The summed E-state index contributed by atoms with van der Waals surface area (Å²) in [5.74, 6) is 0.995. The van der Waals surface area contributed by atoms with E-state index >= 15 is 0 Å². The number of imidazole rings is 1. The van der Waals surface area contributed by atoms with Crippen molar-refractivity contribution in [3.63, 3.8) is 0 Å². The average Bonchev–Trinajstić information content (AvgIpc) is 3.12. The second-order valence-electron chi connectivity index (χ2n) is 5.50. The molecule has 1 amide bonds. The number of benzene rings is 1. The van der Waals surface area contributed by atoms with Gasteiger partial charge in [-0.15, -0.1) is 11.3 Å². The highest BCUT2D eigenvalue weighted by Gasteiger charge is 2.12. The molecule has 0 aliphatic rings. The van der Waals surface area contributed by atoms with Crippen LogP contribution in [0.3, 0.4) is 0 Å². The largest absolute Gasteiger partial charge is 0.352 e. The van der Waals surface area contributed by atoms with Crippen molar-refractivity contribution in [2.24, 2.45) is 0 Å². The van der Waals surface area contributed by atoms with Crippen LogP contribution in [-0.4, -0.2) is 15.5 Å². The molecule has 1 N–H and O–H groups in total. The lowest BCUT2D eigenvalue weighted by Crippen LogP contribution is -2.25. The van der Waals surface area contributed by atoms with Crippen LogP contribution in [0.2, 0.25) is 0 Å². The molecule has 0 bridgehead atoms. The van der Waals surface area contributed by atoms with E-state index in [-0.39, 0.29) is 11.9 Å². The number of thiophene rings is 1. The molecule has 0 radical (unpaired) electrons. The van der Waals surface area contributed by atoms with Crippen molar-refractivity contribution in [3.05, 3.63) is 53.4 Å². The van der Waals surface area contributed by atoms with Crippen LogP contribution in [0.5, 0.6) is 0 Å². The first-order chi connectivity index (χ1) is 10.6. The molecule has 0 aliphatic carbocycles. The molecule has 114 valence electrons. The molecule has 3 aromatic rings. The van der Waals surface area contributed by atoms with E-state index in [0.29, 0.717) is 13.0 Å². The Hall–Kier alpha value is -2.14. The zero-order valence-electron chi connectivity index (χ0n) is 12.7. The Balaban J connectivity index is 1.56. The molecule has 1 aromatic carbocycles. The van der Waals surface area contributed by atoms with Gasteiger partial charge in [0.2, 0.25) is 5.91 Å². The zero-order valence-corrected chi connectivity index (χ0v) is 13.6. The molecule has 0 unspecified atom stereocenters. The summed E-state index contributed by atoms with van der Waals surface area (Å²) >= 11 is 1.73. The predicted octanol–water partition coefficient (Wildman–Crippen LogP) is 3.67. The number of nitrogens with one attached hydrogen (secondary N) is 1. The fraction of sp³-hybridized carbons (Fsp3) is 0.294. The number of aryl methyl sites for hydroxylation is 1. The molecular weight excluding hydrogens is 294 g/mol. The molecule has 0 saturated carbocycles. The monoisotopic (exact) mass is 313 g/mol. The normalized spacial score (nSPS) is 12.5. The molecule has 1 atom stereocenters. The first-order valence-corrected chi connectivity index (χ1v) is 8.24. The summed E-state index contributed by atoms with van der Waals surface area (Å²) in [4.78, 5) is 16.3. The summed E-state index contributed by atoms with van der Waals surface area (Å²) in [7, 11) is 0. The number of hydrogen-bond donors (Lipinski definition) is 1. The van der Waals surface area contributed by atoms with Gasteiger partial charge < -0.3 is 9.88 Å². The third kappa shape index (κ3) is 3.20. The van der Waals surface area contributed by atoms with Crippen molar-refractivity contribution in [1.82, 2.24) is 14.9 Å². The van der Waals surface area contributed by atoms with Crippen molar-refractivity contribution in [2.45, 2.75) is 32.9 Å². The second kappa shape index (κ2) is 6.32. The summed E-state index contributed by atoms with van der Waals surface area (Å²) in [6.45, 7) is 4.55. The number of nitrogens with zero attached hydrogens (tertiary/aromatic N) is 2. The van der Waals surface area contributed by atoms with Gasteiger partial charge in [-0.2, -0.15) is 0 Å². The van der Waals surface area contributed by atoms with Crippen LogP contribution in [0.25, 0.3) is 10.1 Å². The van der Waals surface area contributed by atoms with Gasteiger partial charge in [-0.25, -0.2) is 4.98 Å². The van der Waals surface area contributed by atoms with Gasteiger partial charge in [0, 0.05) is 36.1 Å². The molecule has 5 heteroatoms. The minimum absolute atomic E-state index is 0.0611. The van der Waals surface area contributed by atoms with Crippen LogP contribution in [0, 0.1) is 6.92 Å². The average molecular weight is 313 g/mol. The number of aromatic nitrogens is 2. The van der Waals surface area contributed by atoms with Crippen molar-refractivity contribution in [2.75, 3.05) is 0 Å². The van der Waals surface area contributed by atoms with Crippen molar-refractivity contribution < 1.29 is 4.79 Å². The molecule has 2 heterocycles. The quantitative estimate of drug-likeness (QED) is 0.781. The molecule has 0 aliphatic heterocycles. The Morgan fingerprint density at radius 1 is 1.41 bits per heavy atom. The van der Waals surface area contributed by atoms with E-state index in [9.17, 15) is 4.79 Å². The van der Waals surface area contributed by atoms with Crippen molar-refractivity contribution in [1.29, 1.82) is 0 Å². The van der Waals surface area contributed by atoms with E-state index in [1.54, 1.807) is 17.5 Å². The minimum Gasteiger partial charge on any atom is -0.352 e. The third-order valence-corrected chi connectivity index (χ3v) is 4.72. The van der Waals surface area contributed by atoms with Crippen LogP contribution in [0.4, 0.5) is 0 Å². The van der Waals surface area contributed by atoms with Crippen molar-refractivity contribution in [3.8, 4) is 0 Å². The molecular formula is C17H19N3OS. The molecule has 2 aromatic heterocycles. The van der Waals surface area contributed by atoms with Gasteiger partial charge in [0.15, 0.2) is 0 Å². The Bertz CT molecular complexity index is 790. The number of fused-ring (bicyclic) bond motifs is 1. The fourth-order valence-corrected chi connectivity index (χ4v) is 3.39. The van der Waals surface area contributed by atoms with Gasteiger partial charge in [-0.3, -0.25) is 4.79 Å².